The van der Waals surface area contributed by atoms with Crippen LogP contribution in [0, 0.1) is 0 Å². The van der Waals surface area contributed by atoms with Crippen molar-refractivity contribution in [2.75, 3.05) is 13.1 Å². The fourth-order valence-electron chi connectivity index (χ4n) is 1.76. The van der Waals surface area contributed by atoms with E-state index in [2.05, 4.69) is 10.6 Å². The number of carbonyl (C=O) groups excluding carboxylic acids is 1. The third kappa shape index (κ3) is 5.21. The fourth-order valence-corrected chi connectivity index (χ4v) is 1.76. The Labute approximate surface area is 116 Å². The van der Waals surface area contributed by atoms with E-state index in [1.807, 2.05) is 6.92 Å². The summed E-state index contributed by atoms with van der Waals surface area (Å²) in [5, 5.41) is 5.70. The second-order valence-electron chi connectivity index (χ2n) is 4.52. The van der Waals surface area contributed by atoms with Crippen molar-refractivity contribution in [2.45, 2.75) is 32.5 Å². The predicted molar refractivity (Wildman–Crippen MR) is 71.2 cm³/mol. The van der Waals surface area contributed by atoms with Gasteiger partial charge in [-0.2, -0.15) is 13.2 Å². The number of rotatable bonds is 6. The lowest BCUT2D eigenvalue weighted by molar-refractivity contribution is -0.137. The Kier molecular flexibility index (Phi) is 6.01. The minimum atomic E-state index is -4.37. The first-order valence-electron chi connectivity index (χ1n) is 6.51. The van der Waals surface area contributed by atoms with Crippen LogP contribution in [0.1, 0.15) is 37.4 Å². The largest absolute Gasteiger partial charge is 0.416 e. The second kappa shape index (κ2) is 7.28. The number of amides is 1. The van der Waals surface area contributed by atoms with Crippen LogP contribution in [0.2, 0.25) is 0 Å². The van der Waals surface area contributed by atoms with Crippen molar-refractivity contribution in [2.24, 2.45) is 0 Å². The first-order chi connectivity index (χ1) is 9.34. The first kappa shape index (κ1) is 16.5. The smallest absolute Gasteiger partial charge is 0.350 e. The predicted octanol–water partition coefficient (Wildman–Crippen LogP) is 2.88. The summed E-state index contributed by atoms with van der Waals surface area (Å²) in [6.07, 6.45) is -4.07. The molecule has 1 unspecified atom stereocenters. The van der Waals surface area contributed by atoms with Gasteiger partial charge in [-0.25, -0.2) is 0 Å². The number of hydrogen-bond acceptors (Lipinski definition) is 2. The third-order valence-electron chi connectivity index (χ3n) is 2.87. The van der Waals surface area contributed by atoms with Crippen LogP contribution in [0.25, 0.3) is 0 Å². The van der Waals surface area contributed by atoms with E-state index in [4.69, 9.17) is 0 Å². The van der Waals surface area contributed by atoms with Gasteiger partial charge in [-0.3, -0.25) is 4.79 Å². The van der Waals surface area contributed by atoms with Crippen molar-refractivity contribution in [3.63, 3.8) is 0 Å². The summed E-state index contributed by atoms with van der Waals surface area (Å²) in [7, 11) is 0. The van der Waals surface area contributed by atoms with Crippen LogP contribution in [-0.4, -0.2) is 19.0 Å². The average Bonchev–Trinajstić information content (AvgIpc) is 2.38. The van der Waals surface area contributed by atoms with Gasteiger partial charge >= 0.3 is 6.18 Å². The SMILES string of the molecule is CCNCCC(=O)NC(C)c1cccc(C(F)(F)F)c1. The molecule has 112 valence electrons. The summed E-state index contributed by atoms with van der Waals surface area (Å²) in [5.74, 6) is -0.184. The molecular weight excluding hydrogens is 269 g/mol. The number of halogens is 3. The molecule has 0 fully saturated rings. The molecule has 0 aliphatic carbocycles. The molecule has 2 N–H and O–H groups in total. The highest BCUT2D eigenvalue weighted by Crippen LogP contribution is 2.30. The summed E-state index contributed by atoms with van der Waals surface area (Å²) in [5.41, 5.74) is -0.264. The fraction of sp³-hybridized carbons (Fsp3) is 0.500. The standard InChI is InChI=1S/C14H19F3N2O/c1-3-18-8-7-13(20)19-10(2)11-5-4-6-12(9-11)14(15,16)17/h4-6,9-10,18H,3,7-8H2,1-2H3,(H,19,20). The molecule has 0 saturated heterocycles. The van der Waals surface area contributed by atoms with Crippen molar-refractivity contribution >= 4 is 5.91 Å². The highest BCUT2D eigenvalue weighted by Gasteiger charge is 2.30. The zero-order valence-electron chi connectivity index (χ0n) is 11.6. The van der Waals surface area contributed by atoms with Gasteiger partial charge in [0.1, 0.15) is 0 Å². The first-order valence-corrected chi connectivity index (χ1v) is 6.51. The quantitative estimate of drug-likeness (QED) is 0.790. The number of nitrogens with one attached hydrogen (secondary N) is 2. The Hall–Kier alpha value is -1.56. The van der Waals surface area contributed by atoms with E-state index in [1.54, 1.807) is 13.0 Å². The van der Waals surface area contributed by atoms with Gasteiger partial charge in [-0.15, -0.1) is 0 Å². The van der Waals surface area contributed by atoms with Gasteiger partial charge in [0.2, 0.25) is 5.91 Å². The molecule has 0 spiro atoms. The van der Waals surface area contributed by atoms with Crippen LogP contribution in [0.3, 0.4) is 0 Å². The molecule has 0 bridgehead atoms. The number of alkyl halides is 3. The summed E-state index contributed by atoms with van der Waals surface area (Å²) >= 11 is 0. The minimum Gasteiger partial charge on any atom is -0.350 e. The molecule has 1 aromatic carbocycles. The Morgan fingerprint density at radius 2 is 2.05 bits per heavy atom. The van der Waals surface area contributed by atoms with Gasteiger partial charge in [-0.1, -0.05) is 19.1 Å². The monoisotopic (exact) mass is 288 g/mol. The maximum Gasteiger partial charge on any atom is 0.416 e. The van der Waals surface area contributed by atoms with Crippen LogP contribution in [0.4, 0.5) is 13.2 Å². The maximum absolute atomic E-state index is 12.6. The molecule has 1 atom stereocenters. The van der Waals surface area contributed by atoms with E-state index in [0.717, 1.165) is 18.7 Å². The molecular formula is C14H19F3N2O. The van der Waals surface area contributed by atoms with E-state index in [-0.39, 0.29) is 5.91 Å². The van der Waals surface area contributed by atoms with Gasteiger partial charge in [0.15, 0.2) is 0 Å². The molecule has 3 nitrogen and oxygen atoms in total. The van der Waals surface area contributed by atoms with Crippen LogP contribution in [0.5, 0.6) is 0 Å². The van der Waals surface area contributed by atoms with Crippen LogP contribution < -0.4 is 10.6 Å². The van der Waals surface area contributed by atoms with Crippen molar-refractivity contribution in [1.82, 2.24) is 10.6 Å². The number of carbonyl (C=O) groups is 1. The Morgan fingerprint density at radius 3 is 2.65 bits per heavy atom. The Bertz CT molecular complexity index is 446. The van der Waals surface area contributed by atoms with Gasteiger partial charge in [0, 0.05) is 13.0 Å². The van der Waals surface area contributed by atoms with Crippen molar-refractivity contribution in [3.05, 3.63) is 35.4 Å². The molecule has 1 aromatic rings. The molecule has 1 rings (SSSR count). The molecule has 0 aliphatic rings. The zero-order valence-corrected chi connectivity index (χ0v) is 11.6. The van der Waals surface area contributed by atoms with E-state index < -0.39 is 17.8 Å². The average molecular weight is 288 g/mol. The zero-order chi connectivity index (χ0) is 15.2. The molecule has 0 saturated carbocycles. The van der Waals surface area contributed by atoms with Gasteiger partial charge in [-0.05, 0) is 31.2 Å². The van der Waals surface area contributed by atoms with E-state index in [9.17, 15) is 18.0 Å². The Morgan fingerprint density at radius 1 is 1.35 bits per heavy atom. The summed E-state index contributed by atoms with van der Waals surface area (Å²) in [6.45, 7) is 4.93. The van der Waals surface area contributed by atoms with E-state index in [1.165, 1.54) is 6.07 Å². The molecule has 0 aliphatic heterocycles. The maximum atomic E-state index is 12.6. The lowest BCUT2D eigenvalue weighted by Gasteiger charge is -2.16. The molecule has 0 heterocycles. The van der Waals surface area contributed by atoms with Crippen molar-refractivity contribution in [1.29, 1.82) is 0 Å². The van der Waals surface area contributed by atoms with Crippen LogP contribution >= 0.6 is 0 Å². The topological polar surface area (TPSA) is 41.1 Å². The highest BCUT2D eigenvalue weighted by molar-refractivity contribution is 5.76. The highest BCUT2D eigenvalue weighted by atomic mass is 19.4. The van der Waals surface area contributed by atoms with Crippen LogP contribution in [-0.2, 0) is 11.0 Å². The lowest BCUT2D eigenvalue weighted by Crippen LogP contribution is -2.29. The van der Waals surface area contributed by atoms with Gasteiger partial charge in [0.05, 0.1) is 11.6 Å². The minimum absolute atomic E-state index is 0.184. The summed E-state index contributed by atoms with van der Waals surface area (Å²) < 4.78 is 37.8. The molecule has 1 amide bonds. The normalized spacial score (nSPS) is 13.1. The lowest BCUT2D eigenvalue weighted by atomic mass is 10.0. The van der Waals surface area contributed by atoms with E-state index in [0.29, 0.717) is 18.5 Å². The van der Waals surface area contributed by atoms with E-state index >= 15 is 0 Å². The number of hydrogen-bond donors (Lipinski definition) is 2. The molecule has 20 heavy (non-hydrogen) atoms. The van der Waals surface area contributed by atoms with Gasteiger partial charge < -0.3 is 10.6 Å². The third-order valence-corrected chi connectivity index (χ3v) is 2.87. The van der Waals surface area contributed by atoms with Crippen molar-refractivity contribution in [3.8, 4) is 0 Å². The van der Waals surface area contributed by atoms with Gasteiger partial charge in [0.25, 0.3) is 0 Å². The molecule has 0 aromatic heterocycles. The summed E-state index contributed by atoms with van der Waals surface area (Å²) in [6, 6.07) is 4.55. The Balaban J connectivity index is 2.63. The van der Waals surface area contributed by atoms with Crippen LogP contribution in [0.15, 0.2) is 24.3 Å². The second-order valence-corrected chi connectivity index (χ2v) is 4.52. The summed E-state index contributed by atoms with van der Waals surface area (Å²) in [4.78, 5) is 11.6. The molecule has 0 radical (unpaired) electrons. The molecule has 6 heteroatoms. The van der Waals surface area contributed by atoms with Crippen molar-refractivity contribution < 1.29 is 18.0 Å². The number of benzene rings is 1.